The van der Waals surface area contributed by atoms with Crippen molar-refractivity contribution in [3.8, 4) is 0 Å². The third-order valence-electron chi connectivity index (χ3n) is 3.48. The fourth-order valence-corrected chi connectivity index (χ4v) is 2.18. The first-order valence-electron chi connectivity index (χ1n) is 5.15. The molecule has 2 aliphatic carbocycles. The molecule has 14 heteroatoms. The maximum atomic E-state index is 13.1. The van der Waals surface area contributed by atoms with Crippen LogP contribution in [0, 0.1) is 0 Å². The Labute approximate surface area is 115 Å². The molecule has 2 fully saturated rings. The second kappa shape index (κ2) is 3.71. The van der Waals surface area contributed by atoms with E-state index in [1.807, 2.05) is 0 Å². The Morgan fingerprint density at radius 1 is 0.304 bits per heavy atom. The number of rotatable bonds is 0. The van der Waals surface area contributed by atoms with Crippen molar-refractivity contribution < 1.29 is 61.5 Å². The predicted octanol–water partition coefficient (Wildman–Crippen LogP) is 4.76. The number of hydrogen-bond donors (Lipinski definition) is 0. The van der Waals surface area contributed by atoms with Gasteiger partial charge in [0.2, 0.25) is 0 Å². The average molecular weight is 374 g/mol. The summed E-state index contributed by atoms with van der Waals surface area (Å²) in [7, 11) is 0. The first-order valence-corrected chi connectivity index (χ1v) is 5.15. The van der Waals surface area contributed by atoms with Crippen LogP contribution in [-0.4, -0.2) is 41.5 Å². The highest BCUT2D eigenvalue weighted by molar-refractivity contribution is 5.53. The second-order valence-corrected chi connectivity index (χ2v) is 4.77. The van der Waals surface area contributed by atoms with E-state index in [1.54, 1.807) is 0 Å². The van der Waals surface area contributed by atoms with Crippen molar-refractivity contribution in [1.29, 1.82) is 0 Å². The monoisotopic (exact) mass is 374 g/mol. The quantitative estimate of drug-likeness (QED) is 0.424. The maximum Gasteiger partial charge on any atom is 0.382 e. The van der Waals surface area contributed by atoms with Crippen LogP contribution in [0.5, 0.6) is 0 Å². The van der Waals surface area contributed by atoms with Gasteiger partial charge >= 0.3 is 41.5 Å². The zero-order valence-electron chi connectivity index (χ0n) is 9.79. The van der Waals surface area contributed by atoms with E-state index in [0.29, 0.717) is 0 Å². The second-order valence-electron chi connectivity index (χ2n) is 4.77. The molecule has 2 aliphatic rings. The lowest BCUT2D eigenvalue weighted by molar-refractivity contribution is -0.351. The van der Waals surface area contributed by atoms with E-state index in [2.05, 4.69) is 0 Å². The molecule has 0 aromatic heterocycles. The molecule has 2 rings (SSSR count). The Kier molecular flexibility index (Phi) is 2.92. The molecule has 23 heavy (non-hydrogen) atoms. The Hall–Kier alpha value is -1.24. The van der Waals surface area contributed by atoms with E-state index in [9.17, 15) is 61.5 Å². The van der Waals surface area contributed by atoms with Crippen molar-refractivity contribution in [3.63, 3.8) is 0 Å². The Morgan fingerprint density at radius 2 is 0.478 bits per heavy atom. The van der Waals surface area contributed by atoms with Crippen LogP contribution in [0.2, 0.25) is 0 Å². The van der Waals surface area contributed by atoms with E-state index in [0.717, 1.165) is 0 Å². The van der Waals surface area contributed by atoms with E-state index in [4.69, 9.17) is 0 Å². The minimum atomic E-state index is -7.07. The van der Waals surface area contributed by atoms with Crippen LogP contribution in [0.4, 0.5) is 61.5 Å². The highest BCUT2D eigenvalue weighted by atomic mass is 19.4. The van der Waals surface area contributed by atoms with Gasteiger partial charge in [0.15, 0.2) is 0 Å². The van der Waals surface area contributed by atoms with Gasteiger partial charge in [-0.3, -0.25) is 0 Å². The molecule has 0 amide bonds. The Bertz CT molecular complexity index is 545. The zero-order valence-corrected chi connectivity index (χ0v) is 9.79. The Balaban J connectivity index is 2.93. The van der Waals surface area contributed by atoms with E-state index >= 15 is 0 Å². The largest absolute Gasteiger partial charge is 0.382 e. The molecule has 0 spiro atoms. The predicted molar refractivity (Wildman–Crippen MR) is 41.7 cm³/mol. The van der Waals surface area contributed by atoms with E-state index in [-0.39, 0.29) is 0 Å². The van der Waals surface area contributed by atoms with Gasteiger partial charge in [-0.25, -0.2) is 0 Å². The van der Waals surface area contributed by atoms with Gasteiger partial charge in [-0.05, 0) is 0 Å². The summed E-state index contributed by atoms with van der Waals surface area (Å²) in [6, 6.07) is 0. The standard InChI is InChI=1S/C9F14/c10-3(11)1(4(12,13)7(3,18)19)2-5(14,15)8(20,21)9(22,23)6(2,16)17. The summed E-state index contributed by atoms with van der Waals surface area (Å²) in [5.74, 6) is -47.4. The molecular formula is C9F14. The maximum absolute atomic E-state index is 13.1. The fraction of sp³-hybridized carbons (Fsp3) is 0.778. The number of halogens is 14. The van der Waals surface area contributed by atoms with Gasteiger partial charge in [-0.1, -0.05) is 0 Å². The zero-order chi connectivity index (χ0) is 18.7. The molecule has 0 radical (unpaired) electrons. The van der Waals surface area contributed by atoms with E-state index < -0.39 is 52.6 Å². The highest BCUT2D eigenvalue weighted by Gasteiger charge is 2.97. The Morgan fingerprint density at radius 3 is 0.696 bits per heavy atom. The molecule has 0 N–H and O–H groups in total. The summed E-state index contributed by atoms with van der Waals surface area (Å²) < 4.78 is 180. The molecule has 0 aromatic rings. The SMILES string of the molecule is FC1(F)C(=C2C(F)(F)C(F)(F)C(F)(F)C2(F)F)C(F)(F)C1(F)F. The van der Waals surface area contributed by atoms with Crippen LogP contribution in [-0.2, 0) is 0 Å². The van der Waals surface area contributed by atoms with Crippen LogP contribution in [0.25, 0.3) is 0 Å². The van der Waals surface area contributed by atoms with Gasteiger partial charge in [-0.2, -0.15) is 61.5 Å². The summed E-state index contributed by atoms with van der Waals surface area (Å²) in [6.07, 6.45) is 0. The topological polar surface area (TPSA) is 0 Å². The summed E-state index contributed by atoms with van der Waals surface area (Å²) in [6.45, 7) is 0. The van der Waals surface area contributed by atoms with E-state index in [1.165, 1.54) is 0 Å². The fourth-order valence-electron chi connectivity index (χ4n) is 2.18. The van der Waals surface area contributed by atoms with Gasteiger partial charge < -0.3 is 0 Å². The summed E-state index contributed by atoms with van der Waals surface area (Å²) in [4.78, 5) is 0. The van der Waals surface area contributed by atoms with Gasteiger partial charge in [0, 0.05) is 0 Å². The van der Waals surface area contributed by atoms with Crippen molar-refractivity contribution in [2.24, 2.45) is 0 Å². The molecule has 2 saturated carbocycles. The molecule has 0 aromatic carbocycles. The van der Waals surface area contributed by atoms with Crippen LogP contribution < -0.4 is 0 Å². The van der Waals surface area contributed by atoms with Crippen molar-refractivity contribution >= 4 is 0 Å². The molecule has 0 nitrogen and oxygen atoms in total. The first-order chi connectivity index (χ1) is 9.74. The van der Waals surface area contributed by atoms with Crippen molar-refractivity contribution in [3.05, 3.63) is 11.1 Å². The molecular weight excluding hydrogens is 374 g/mol. The highest BCUT2D eigenvalue weighted by Crippen LogP contribution is 2.73. The summed E-state index contributed by atoms with van der Waals surface area (Å²) in [5, 5.41) is 0. The first kappa shape index (κ1) is 18.1. The minimum Gasteiger partial charge on any atom is -0.194 e. The summed E-state index contributed by atoms with van der Waals surface area (Å²) in [5.41, 5.74) is -8.54. The van der Waals surface area contributed by atoms with Crippen LogP contribution in [0.3, 0.4) is 0 Å². The van der Waals surface area contributed by atoms with Gasteiger partial charge in [0.05, 0.1) is 11.1 Å². The van der Waals surface area contributed by atoms with Crippen molar-refractivity contribution in [2.75, 3.05) is 0 Å². The molecule has 0 aliphatic heterocycles. The lowest BCUT2D eigenvalue weighted by Crippen LogP contribution is -2.71. The molecule has 0 atom stereocenters. The third kappa shape index (κ3) is 1.42. The number of allylic oxidation sites excluding steroid dienone is 2. The number of hydrogen-bond acceptors (Lipinski definition) is 0. The average Bonchev–Trinajstić information content (AvgIpc) is 2.38. The number of alkyl halides is 14. The van der Waals surface area contributed by atoms with Gasteiger partial charge in [0.25, 0.3) is 0 Å². The molecule has 0 bridgehead atoms. The van der Waals surface area contributed by atoms with Crippen LogP contribution in [0.1, 0.15) is 0 Å². The lowest BCUT2D eigenvalue weighted by Gasteiger charge is -2.47. The minimum absolute atomic E-state index is 4.14. The molecule has 0 saturated heterocycles. The van der Waals surface area contributed by atoms with Gasteiger partial charge in [-0.15, -0.1) is 0 Å². The summed E-state index contributed by atoms with van der Waals surface area (Å²) >= 11 is 0. The molecule has 134 valence electrons. The molecule has 0 unspecified atom stereocenters. The lowest BCUT2D eigenvalue weighted by atomic mass is 9.74. The van der Waals surface area contributed by atoms with Crippen molar-refractivity contribution in [2.45, 2.75) is 41.5 Å². The van der Waals surface area contributed by atoms with Crippen LogP contribution in [0.15, 0.2) is 11.1 Å². The third-order valence-corrected chi connectivity index (χ3v) is 3.48. The normalized spacial score (nSPS) is 34.2. The van der Waals surface area contributed by atoms with Crippen LogP contribution >= 0.6 is 0 Å². The van der Waals surface area contributed by atoms with Crippen molar-refractivity contribution in [1.82, 2.24) is 0 Å². The molecule has 0 heterocycles. The van der Waals surface area contributed by atoms with Gasteiger partial charge in [0.1, 0.15) is 0 Å². The smallest absolute Gasteiger partial charge is 0.194 e.